The Balaban J connectivity index is 3.02. The van der Waals surface area contributed by atoms with Gasteiger partial charge in [-0.3, -0.25) is 0 Å². The molecule has 0 saturated carbocycles. The molecule has 1 aromatic heterocycles. The third-order valence-corrected chi connectivity index (χ3v) is 2.01. The SMILES string of the molecule is Cc1c(CO)nnn1C(C)C(F)(F)F. The molecule has 0 aliphatic rings. The van der Waals surface area contributed by atoms with Crippen molar-refractivity contribution in [3.8, 4) is 0 Å². The smallest absolute Gasteiger partial charge is 0.390 e. The largest absolute Gasteiger partial charge is 0.410 e. The predicted octanol–water partition coefficient (Wildman–Crippen LogP) is 1.20. The molecule has 4 nitrogen and oxygen atoms in total. The number of hydrogen-bond donors (Lipinski definition) is 1. The quantitative estimate of drug-likeness (QED) is 0.796. The fraction of sp³-hybridized carbons (Fsp3) is 0.714. The molecular weight excluding hydrogens is 199 g/mol. The van der Waals surface area contributed by atoms with Crippen LogP contribution in [0.3, 0.4) is 0 Å². The average molecular weight is 209 g/mol. The molecule has 0 aliphatic carbocycles. The second-order valence-corrected chi connectivity index (χ2v) is 2.94. The summed E-state index contributed by atoms with van der Waals surface area (Å²) in [4.78, 5) is 0. The zero-order chi connectivity index (χ0) is 10.9. The van der Waals surface area contributed by atoms with Gasteiger partial charge in [-0.1, -0.05) is 5.21 Å². The maximum Gasteiger partial charge on any atom is 0.410 e. The normalized spacial score (nSPS) is 14.4. The maximum absolute atomic E-state index is 12.3. The van der Waals surface area contributed by atoms with Crippen LogP contribution in [0.25, 0.3) is 0 Å². The zero-order valence-corrected chi connectivity index (χ0v) is 7.71. The molecule has 14 heavy (non-hydrogen) atoms. The van der Waals surface area contributed by atoms with Crippen molar-refractivity contribution < 1.29 is 18.3 Å². The summed E-state index contributed by atoms with van der Waals surface area (Å²) >= 11 is 0. The number of aromatic nitrogens is 3. The summed E-state index contributed by atoms with van der Waals surface area (Å²) in [6.45, 7) is 2.02. The Bertz CT molecular complexity index is 320. The monoisotopic (exact) mass is 209 g/mol. The van der Waals surface area contributed by atoms with Gasteiger partial charge in [-0.25, -0.2) is 4.68 Å². The minimum atomic E-state index is -4.36. The Morgan fingerprint density at radius 2 is 2.07 bits per heavy atom. The molecule has 1 atom stereocenters. The lowest BCUT2D eigenvalue weighted by atomic mass is 10.3. The van der Waals surface area contributed by atoms with Gasteiger partial charge in [-0.15, -0.1) is 5.10 Å². The molecule has 0 aromatic carbocycles. The van der Waals surface area contributed by atoms with E-state index >= 15 is 0 Å². The first kappa shape index (κ1) is 11.0. The molecule has 0 saturated heterocycles. The minimum absolute atomic E-state index is 0.168. The van der Waals surface area contributed by atoms with Crippen LogP contribution in [0.2, 0.25) is 0 Å². The van der Waals surface area contributed by atoms with E-state index in [1.165, 1.54) is 6.92 Å². The Morgan fingerprint density at radius 1 is 1.50 bits per heavy atom. The van der Waals surface area contributed by atoms with Crippen LogP contribution in [0, 0.1) is 6.92 Å². The van der Waals surface area contributed by atoms with Crippen molar-refractivity contribution in [1.29, 1.82) is 0 Å². The zero-order valence-electron chi connectivity index (χ0n) is 7.71. The van der Waals surface area contributed by atoms with Crippen LogP contribution in [0.1, 0.15) is 24.4 Å². The van der Waals surface area contributed by atoms with Crippen LogP contribution < -0.4 is 0 Å². The molecule has 0 aliphatic heterocycles. The molecule has 0 amide bonds. The van der Waals surface area contributed by atoms with E-state index in [-0.39, 0.29) is 11.4 Å². The van der Waals surface area contributed by atoms with Gasteiger partial charge in [-0.2, -0.15) is 13.2 Å². The van der Waals surface area contributed by atoms with Crippen molar-refractivity contribution in [3.63, 3.8) is 0 Å². The summed E-state index contributed by atoms with van der Waals surface area (Å²) in [7, 11) is 0. The van der Waals surface area contributed by atoms with Crippen molar-refractivity contribution in [3.05, 3.63) is 11.4 Å². The minimum Gasteiger partial charge on any atom is -0.390 e. The summed E-state index contributed by atoms with van der Waals surface area (Å²) in [5, 5.41) is 15.5. The molecule has 0 radical (unpaired) electrons. The topological polar surface area (TPSA) is 50.9 Å². The van der Waals surface area contributed by atoms with Crippen LogP contribution >= 0.6 is 0 Å². The van der Waals surface area contributed by atoms with Gasteiger partial charge in [0.1, 0.15) is 11.7 Å². The highest BCUT2D eigenvalue weighted by Crippen LogP contribution is 2.30. The number of hydrogen-bond acceptors (Lipinski definition) is 3. The third-order valence-electron chi connectivity index (χ3n) is 2.01. The molecule has 1 rings (SSSR count). The van der Waals surface area contributed by atoms with Gasteiger partial charge in [0.2, 0.25) is 0 Å². The molecule has 7 heteroatoms. The highest BCUT2D eigenvalue weighted by molar-refractivity contribution is 5.07. The lowest BCUT2D eigenvalue weighted by molar-refractivity contribution is -0.166. The van der Waals surface area contributed by atoms with Crippen LogP contribution in [-0.2, 0) is 6.61 Å². The Morgan fingerprint density at radius 3 is 2.43 bits per heavy atom. The van der Waals surface area contributed by atoms with Crippen molar-refractivity contribution in [1.82, 2.24) is 15.0 Å². The first-order valence-corrected chi connectivity index (χ1v) is 3.96. The number of aliphatic hydroxyl groups excluding tert-OH is 1. The Hall–Kier alpha value is -1.11. The van der Waals surface area contributed by atoms with Gasteiger partial charge in [0.05, 0.1) is 12.3 Å². The van der Waals surface area contributed by atoms with E-state index in [1.807, 2.05) is 0 Å². The van der Waals surface area contributed by atoms with Crippen molar-refractivity contribution in [2.45, 2.75) is 32.7 Å². The molecule has 1 heterocycles. The summed E-state index contributed by atoms with van der Waals surface area (Å²) in [5.74, 6) is 0. The van der Waals surface area contributed by atoms with Crippen molar-refractivity contribution in [2.24, 2.45) is 0 Å². The molecule has 1 N–H and O–H groups in total. The van der Waals surface area contributed by atoms with E-state index in [9.17, 15) is 13.2 Å². The number of aliphatic hydroxyl groups is 1. The van der Waals surface area contributed by atoms with Gasteiger partial charge in [0, 0.05) is 0 Å². The summed E-state index contributed by atoms with van der Waals surface area (Å²) < 4.78 is 37.6. The first-order valence-electron chi connectivity index (χ1n) is 3.96. The number of alkyl halides is 3. The van der Waals surface area contributed by atoms with Crippen LogP contribution in [-0.4, -0.2) is 26.3 Å². The second kappa shape index (κ2) is 3.56. The van der Waals surface area contributed by atoms with Crippen molar-refractivity contribution in [2.75, 3.05) is 0 Å². The van der Waals surface area contributed by atoms with E-state index in [1.54, 1.807) is 0 Å². The van der Waals surface area contributed by atoms with Crippen molar-refractivity contribution >= 4 is 0 Å². The summed E-state index contributed by atoms with van der Waals surface area (Å²) in [5.41, 5.74) is 0.401. The number of nitrogens with zero attached hydrogens (tertiary/aromatic N) is 3. The van der Waals surface area contributed by atoms with Gasteiger partial charge in [0.25, 0.3) is 0 Å². The van der Waals surface area contributed by atoms with Gasteiger partial charge in [-0.05, 0) is 13.8 Å². The van der Waals surface area contributed by atoms with E-state index in [0.717, 1.165) is 11.6 Å². The first-order chi connectivity index (χ1) is 6.38. The lowest BCUT2D eigenvalue weighted by Crippen LogP contribution is -2.25. The van der Waals surface area contributed by atoms with Crippen LogP contribution in [0.5, 0.6) is 0 Å². The predicted molar refractivity (Wildman–Crippen MR) is 41.4 cm³/mol. The molecule has 1 aromatic rings. The summed E-state index contributed by atoms with van der Waals surface area (Å²) in [6, 6.07) is -1.73. The Labute approximate surface area is 78.3 Å². The van der Waals surface area contributed by atoms with E-state index in [4.69, 9.17) is 5.11 Å². The lowest BCUT2D eigenvalue weighted by Gasteiger charge is -2.16. The maximum atomic E-state index is 12.3. The fourth-order valence-electron chi connectivity index (χ4n) is 1.03. The molecule has 0 spiro atoms. The standard InChI is InChI=1S/C7H10F3N3O/c1-4-6(3-14)11-12-13(4)5(2)7(8,9)10/h5,14H,3H2,1-2H3. The van der Waals surface area contributed by atoms with Crippen LogP contribution in [0.4, 0.5) is 13.2 Å². The van der Waals surface area contributed by atoms with E-state index < -0.39 is 18.8 Å². The molecule has 80 valence electrons. The van der Waals surface area contributed by atoms with Crippen LogP contribution in [0.15, 0.2) is 0 Å². The second-order valence-electron chi connectivity index (χ2n) is 2.94. The van der Waals surface area contributed by atoms with E-state index in [2.05, 4.69) is 10.3 Å². The Kier molecular flexibility index (Phi) is 2.79. The van der Waals surface area contributed by atoms with Gasteiger partial charge >= 0.3 is 6.18 Å². The molecule has 1 unspecified atom stereocenters. The van der Waals surface area contributed by atoms with Gasteiger partial charge < -0.3 is 5.11 Å². The number of halogens is 3. The summed E-state index contributed by atoms with van der Waals surface area (Å²) in [6.07, 6.45) is -4.36. The molecule has 0 fully saturated rings. The average Bonchev–Trinajstić information content (AvgIpc) is 2.43. The third kappa shape index (κ3) is 1.87. The molecular formula is C7H10F3N3O. The fourth-order valence-corrected chi connectivity index (χ4v) is 1.03. The van der Waals surface area contributed by atoms with E-state index in [0.29, 0.717) is 0 Å². The highest BCUT2D eigenvalue weighted by atomic mass is 19.4. The van der Waals surface area contributed by atoms with Gasteiger partial charge in [0.15, 0.2) is 0 Å². The number of rotatable bonds is 2. The molecule has 0 bridgehead atoms. The highest BCUT2D eigenvalue weighted by Gasteiger charge is 2.39.